The Labute approximate surface area is 80.3 Å². The van der Waals surface area contributed by atoms with Crippen LogP contribution in [0.2, 0.25) is 0 Å². The van der Waals surface area contributed by atoms with E-state index in [1.807, 2.05) is 0 Å². The summed E-state index contributed by atoms with van der Waals surface area (Å²) in [6.45, 7) is 5.31. The van der Waals surface area contributed by atoms with E-state index in [0.717, 1.165) is 5.57 Å². The fourth-order valence-electron chi connectivity index (χ4n) is 1.36. The molecule has 0 saturated heterocycles. The van der Waals surface area contributed by atoms with Gasteiger partial charge in [-0.3, -0.25) is 4.21 Å². The zero-order valence-electron chi connectivity index (χ0n) is 7.40. The first kappa shape index (κ1) is 10.2. The molecule has 1 fully saturated rings. The third kappa shape index (κ3) is 1.89. The average molecular weight is 198 g/mol. The van der Waals surface area contributed by atoms with Crippen molar-refractivity contribution in [2.45, 2.75) is 12.2 Å². The molecule has 13 heavy (non-hydrogen) atoms. The Bertz CT molecular complexity index is 307. The maximum atomic E-state index is 10.7. The van der Waals surface area contributed by atoms with Crippen LogP contribution in [0.25, 0.3) is 0 Å². The predicted octanol–water partition coefficient (Wildman–Crippen LogP) is 0.839. The molecule has 0 bridgehead atoms. The van der Waals surface area contributed by atoms with Crippen molar-refractivity contribution < 1.29 is 8.76 Å². The van der Waals surface area contributed by atoms with E-state index in [9.17, 15) is 8.76 Å². The standard InChI is InChI=1S/C9H13NO2S/c1-3-5-6-8(7(10)4-2)9(6)13(11)12/h3-5,8-9H,1,10H2,2H3,(H,11,12)/p-1. The first-order chi connectivity index (χ1) is 6.13. The van der Waals surface area contributed by atoms with Crippen molar-refractivity contribution in [2.24, 2.45) is 11.7 Å². The molecule has 1 rings (SSSR count). The first-order valence-corrected chi connectivity index (χ1v) is 5.09. The molecule has 0 aromatic rings. The van der Waals surface area contributed by atoms with Crippen molar-refractivity contribution in [2.75, 3.05) is 0 Å². The van der Waals surface area contributed by atoms with Crippen molar-refractivity contribution in [3.8, 4) is 0 Å². The SMILES string of the molecule is C=CC=C1C(C(N)=CC)C1S(=O)[O-]. The Morgan fingerprint density at radius 3 is 2.77 bits per heavy atom. The molecule has 3 atom stereocenters. The maximum absolute atomic E-state index is 10.7. The van der Waals surface area contributed by atoms with Crippen LogP contribution in [-0.4, -0.2) is 14.0 Å². The van der Waals surface area contributed by atoms with Crippen LogP contribution in [0.5, 0.6) is 0 Å². The van der Waals surface area contributed by atoms with Gasteiger partial charge in [0.1, 0.15) is 0 Å². The highest BCUT2D eigenvalue weighted by atomic mass is 32.2. The number of nitrogens with two attached hydrogens (primary N) is 1. The van der Waals surface area contributed by atoms with Crippen LogP contribution in [0.4, 0.5) is 0 Å². The highest BCUT2D eigenvalue weighted by Crippen LogP contribution is 2.45. The summed E-state index contributed by atoms with van der Waals surface area (Å²) in [5.41, 5.74) is 7.09. The van der Waals surface area contributed by atoms with Gasteiger partial charge in [0.2, 0.25) is 0 Å². The summed E-state index contributed by atoms with van der Waals surface area (Å²) < 4.78 is 21.4. The van der Waals surface area contributed by atoms with Crippen LogP contribution in [0, 0.1) is 5.92 Å². The molecule has 0 spiro atoms. The topological polar surface area (TPSA) is 66.2 Å². The Balaban J connectivity index is 2.85. The van der Waals surface area contributed by atoms with Crippen molar-refractivity contribution in [3.05, 3.63) is 36.1 Å². The molecule has 0 radical (unpaired) electrons. The van der Waals surface area contributed by atoms with Gasteiger partial charge in [-0.1, -0.05) is 24.8 Å². The lowest BCUT2D eigenvalue weighted by molar-refractivity contribution is 0.534. The van der Waals surface area contributed by atoms with Gasteiger partial charge in [0.15, 0.2) is 0 Å². The molecule has 4 heteroatoms. The second-order valence-corrected chi connectivity index (χ2v) is 3.88. The Hall–Kier alpha value is -0.870. The third-order valence-electron chi connectivity index (χ3n) is 2.09. The predicted molar refractivity (Wildman–Crippen MR) is 52.4 cm³/mol. The van der Waals surface area contributed by atoms with Crippen molar-refractivity contribution >= 4 is 11.1 Å². The Morgan fingerprint density at radius 2 is 2.38 bits per heavy atom. The van der Waals surface area contributed by atoms with Crippen LogP contribution in [-0.2, 0) is 11.1 Å². The fraction of sp³-hybridized carbons (Fsp3) is 0.333. The van der Waals surface area contributed by atoms with E-state index in [-0.39, 0.29) is 5.92 Å². The minimum Gasteiger partial charge on any atom is -0.772 e. The van der Waals surface area contributed by atoms with Crippen molar-refractivity contribution in [1.82, 2.24) is 0 Å². The summed E-state index contributed by atoms with van der Waals surface area (Å²) in [5, 5.41) is -0.436. The van der Waals surface area contributed by atoms with E-state index in [1.54, 1.807) is 25.2 Å². The molecule has 0 aromatic heterocycles. The summed E-state index contributed by atoms with van der Waals surface area (Å²) in [5.74, 6) is -0.124. The normalized spacial score (nSPS) is 33.1. The molecular formula is C9H12NO2S-. The van der Waals surface area contributed by atoms with Gasteiger partial charge < -0.3 is 10.3 Å². The van der Waals surface area contributed by atoms with Crippen LogP contribution in [0.3, 0.4) is 0 Å². The molecule has 0 amide bonds. The lowest BCUT2D eigenvalue weighted by Crippen LogP contribution is -2.05. The zero-order chi connectivity index (χ0) is 10.0. The zero-order valence-corrected chi connectivity index (χ0v) is 8.21. The van der Waals surface area contributed by atoms with Gasteiger partial charge >= 0.3 is 0 Å². The van der Waals surface area contributed by atoms with Gasteiger partial charge in [0, 0.05) is 11.6 Å². The molecular weight excluding hydrogens is 186 g/mol. The lowest BCUT2D eigenvalue weighted by atomic mass is 10.3. The Morgan fingerprint density at radius 1 is 1.77 bits per heavy atom. The van der Waals surface area contributed by atoms with E-state index in [2.05, 4.69) is 6.58 Å². The van der Waals surface area contributed by atoms with Gasteiger partial charge in [-0.15, -0.1) is 0 Å². The van der Waals surface area contributed by atoms with E-state index >= 15 is 0 Å². The summed E-state index contributed by atoms with van der Waals surface area (Å²) >= 11 is -2.08. The monoisotopic (exact) mass is 198 g/mol. The molecule has 1 saturated carbocycles. The highest BCUT2D eigenvalue weighted by molar-refractivity contribution is 7.80. The molecule has 3 unspecified atom stereocenters. The minimum atomic E-state index is -2.08. The molecule has 2 N–H and O–H groups in total. The van der Waals surface area contributed by atoms with Crippen LogP contribution < -0.4 is 5.73 Å². The molecule has 0 aromatic carbocycles. The minimum absolute atomic E-state index is 0.124. The van der Waals surface area contributed by atoms with E-state index in [1.165, 1.54) is 0 Å². The first-order valence-electron chi connectivity index (χ1n) is 3.95. The molecule has 72 valence electrons. The summed E-state index contributed by atoms with van der Waals surface area (Å²) in [6.07, 6.45) is 5.02. The van der Waals surface area contributed by atoms with Crippen LogP contribution >= 0.6 is 0 Å². The second kappa shape index (κ2) is 3.89. The van der Waals surface area contributed by atoms with Gasteiger partial charge in [-0.2, -0.15) is 0 Å². The molecule has 3 nitrogen and oxygen atoms in total. The lowest BCUT2D eigenvalue weighted by Gasteiger charge is -2.01. The molecule has 1 aliphatic rings. The average Bonchev–Trinajstić information content (AvgIpc) is 2.78. The smallest absolute Gasteiger partial charge is 0.0555 e. The van der Waals surface area contributed by atoms with Gasteiger partial charge in [0.05, 0.1) is 5.25 Å². The molecule has 0 heterocycles. The number of allylic oxidation sites excluding steroid dienone is 4. The summed E-state index contributed by atoms with van der Waals surface area (Å²) in [4.78, 5) is 0. The fourth-order valence-corrected chi connectivity index (χ4v) is 2.27. The van der Waals surface area contributed by atoms with E-state index in [0.29, 0.717) is 5.70 Å². The van der Waals surface area contributed by atoms with Gasteiger partial charge in [0.25, 0.3) is 0 Å². The van der Waals surface area contributed by atoms with E-state index in [4.69, 9.17) is 5.73 Å². The molecule has 0 aliphatic heterocycles. The third-order valence-corrected chi connectivity index (χ3v) is 3.05. The van der Waals surface area contributed by atoms with Gasteiger partial charge in [-0.05, 0) is 23.6 Å². The summed E-state index contributed by atoms with van der Waals surface area (Å²) in [6, 6.07) is 0. The second-order valence-electron chi connectivity index (χ2n) is 2.85. The summed E-state index contributed by atoms with van der Waals surface area (Å²) in [7, 11) is 0. The van der Waals surface area contributed by atoms with E-state index < -0.39 is 16.3 Å². The van der Waals surface area contributed by atoms with Crippen LogP contribution in [0.15, 0.2) is 36.1 Å². The Kier molecular flexibility index (Phi) is 3.06. The quantitative estimate of drug-likeness (QED) is 0.683. The van der Waals surface area contributed by atoms with Crippen molar-refractivity contribution in [1.29, 1.82) is 0 Å². The van der Waals surface area contributed by atoms with Crippen LogP contribution in [0.1, 0.15) is 6.92 Å². The molecule has 1 aliphatic carbocycles. The van der Waals surface area contributed by atoms with Gasteiger partial charge in [-0.25, -0.2) is 0 Å². The number of rotatable bonds is 3. The maximum Gasteiger partial charge on any atom is 0.0555 e. The highest BCUT2D eigenvalue weighted by Gasteiger charge is 2.46. The van der Waals surface area contributed by atoms with Crippen molar-refractivity contribution in [3.63, 3.8) is 0 Å². The number of hydrogen-bond donors (Lipinski definition) is 1. The largest absolute Gasteiger partial charge is 0.772 e. The number of hydrogen-bond acceptors (Lipinski definition) is 3.